The molecule has 0 aliphatic carbocycles. The van der Waals surface area contributed by atoms with Crippen molar-refractivity contribution in [2.45, 2.75) is 31.7 Å². The smallest absolute Gasteiger partial charge is 0.443 e. The Kier molecular flexibility index (Phi) is 5.67. The summed E-state index contributed by atoms with van der Waals surface area (Å²) >= 11 is 0. The zero-order chi connectivity index (χ0) is 19.5. The number of ketones is 1. The maximum Gasteiger partial charge on any atom is 0.443 e. The number of hydroxylamine groups is 2. The van der Waals surface area contributed by atoms with E-state index in [0.717, 1.165) is 19.1 Å². The lowest BCUT2D eigenvalue weighted by atomic mass is 10.0. The molecule has 0 radical (unpaired) electrons. The second-order valence-corrected chi connectivity index (χ2v) is 5.53. The second kappa shape index (κ2) is 7.42. The SMILES string of the molecule is CC(=O)OCCC(=O)CCOC1(C(F)(F)F)c2ccccc2C(=O)N1O. The molecule has 142 valence electrons. The molecule has 1 N–H and O–H groups in total. The minimum Gasteiger partial charge on any atom is -0.465 e. The molecular formula is C16H16F3NO6. The third-order valence-electron chi connectivity index (χ3n) is 3.78. The number of rotatable bonds is 7. The molecule has 1 aromatic rings. The summed E-state index contributed by atoms with van der Waals surface area (Å²) in [6, 6.07) is 4.80. The highest BCUT2D eigenvalue weighted by Gasteiger charge is 2.68. The zero-order valence-corrected chi connectivity index (χ0v) is 13.7. The van der Waals surface area contributed by atoms with Crippen molar-refractivity contribution in [1.29, 1.82) is 0 Å². The van der Waals surface area contributed by atoms with Gasteiger partial charge < -0.3 is 9.47 Å². The van der Waals surface area contributed by atoms with Crippen LogP contribution in [0.15, 0.2) is 24.3 Å². The molecule has 10 heteroatoms. The Balaban J connectivity index is 2.14. The Morgan fingerprint density at radius 3 is 2.42 bits per heavy atom. The van der Waals surface area contributed by atoms with Gasteiger partial charge in [-0.15, -0.1) is 0 Å². The van der Waals surface area contributed by atoms with Crippen molar-refractivity contribution in [2.75, 3.05) is 13.2 Å². The van der Waals surface area contributed by atoms with E-state index in [1.54, 1.807) is 0 Å². The number of carbonyl (C=O) groups is 3. The van der Waals surface area contributed by atoms with Crippen LogP contribution in [0.1, 0.15) is 35.7 Å². The molecule has 0 fully saturated rings. The first-order chi connectivity index (χ1) is 12.1. The summed E-state index contributed by atoms with van der Waals surface area (Å²) in [5.41, 5.74) is -4.27. The molecule has 1 aliphatic heterocycles. The van der Waals surface area contributed by atoms with Gasteiger partial charge in [0.25, 0.3) is 11.6 Å². The van der Waals surface area contributed by atoms with Gasteiger partial charge in [0, 0.05) is 25.3 Å². The van der Waals surface area contributed by atoms with Crippen LogP contribution < -0.4 is 0 Å². The number of carbonyl (C=O) groups excluding carboxylic acids is 3. The summed E-state index contributed by atoms with van der Waals surface area (Å²) in [6.45, 7) is 0.272. The van der Waals surface area contributed by atoms with E-state index in [0.29, 0.717) is 0 Å². The third-order valence-corrected chi connectivity index (χ3v) is 3.78. The fraction of sp³-hybridized carbons (Fsp3) is 0.438. The van der Waals surface area contributed by atoms with Crippen LogP contribution in [0.4, 0.5) is 13.2 Å². The van der Waals surface area contributed by atoms with Crippen LogP contribution in [0.5, 0.6) is 0 Å². The predicted octanol–water partition coefficient (Wildman–Crippen LogP) is 2.18. The number of esters is 1. The van der Waals surface area contributed by atoms with Crippen molar-refractivity contribution in [3.63, 3.8) is 0 Å². The number of halogens is 3. The molecule has 0 saturated heterocycles. The predicted molar refractivity (Wildman–Crippen MR) is 79.0 cm³/mol. The lowest BCUT2D eigenvalue weighted by Gasteiger charge is -2.36. The van der Waals surface area contributed by atoms with Gasteiger partial charge in [-0.2, -0.15) is 18.2 Å². The first kappa shape index (κ1) is 19.9. The number of ether oxygens (including phenoxy) is 2. The van der Waals surface area contributed by atoms with E-state index >= 15 is 0 Å². The van der Waals surface area contributed by atoms with Crippen molar-refractivity contribution in [3.05, 3.63) is 35.4 Å². The average molecular weight is 375 g/mol. The Morgan fingerprint density at radius 1 is 1.19 bits per heavy atom. The highest BCUT2D eigenvalue weighted by molar-refractivity contribution is 5.99. The number of Topliss-reactive ketones (excluding diaryl/α,β-unsaturated/α-hetero) is 1. The van der Waals surface area contributed by atoms with Gasteiger partial charge in [-0.25, -0.2) is 0 Å². The van der Waals surface area contributed by atoms with Gasteiger partial charge in [0.2, 0.25) is 0 Å². The molecule has 2 rings (SSSR count). The largest absolute Gasteiger partial charge is 0.465 e. The number of benzene rings is 1. The minimum atomic E-state index is -5.15. The number of hydrogen-bond acceptors (Lipinski definition) is 6. The molecule has 26 heavy (non-hydrogen) atoms. The molecule has 0 saturated carbocycles. The van der Waals surface area contributed by atoms with Crippen LogP contribution in [-0.4, -0.2) is 47.3 Å². The van der Waals surface area contributed by atoms with Crippen LogP contribution >= 0.6 is 0 Å². The number of amides is 1. The van der Waals surface area contributed by atoms with Gasteiger partial charge in [-0.3, -0.25) is 19.6 Å². The molecule has 0 bridgehead atoms. The second-order valence-electron chi connectivity index (χ2n) is 5.53. The summed E-state index contributed by atoms with van der Waals surface area (Å²) in [6.07, 6.45) is -5.74. The Morgan fingerprint density at radius 2 is 1.81 bits per heavy atom. The van der Waals surface area contributed by atoms with Crippen LogP contribution in [0.3, 0.4) is 0 Å². The quantitative estimate of drug-likeness (QED) is 0.580. The number of fused-ring (bicyclic) bond motifs is 1. The van der Waals surface area contributed by atoms with E-state index in [4.69, 9.17) is 4.74 Å². The summed E-state index contributed by atoms with van der Waals surface area (Å²) in [4.78, 5) is 34.2. The molecule has 0 spiro atoms. The standard InChI is InChI=1S/C16H16F3NO6/c1-10(21)25-8-6-11(22)7-9-26-15(16(17,18)19)13-5-3-2-4-12(13)14(23)20(15)24/h2-5,24H,6-9H2,1H3. The highest BCUT2D eigenvalue weighted by atomic mass is 19.4. The third kappa shape index (κ3) is 3.56. The summed E-state index contributed by atoms with van der Waals surface area (Å²) in [7, 11) is 0. The van der Waals surface area contributed by atoms with Crippen molar-refractivity contribution in [3.8, 4) is 0 Å². The maximum absolute atomic E-state index is 13.7. The van der Waals surface area contributed by atoms with Crippen molar-refractivity contribution in [1.82, 2.24) is 5.06 Å². The summed E-state index contributed by atoms with van der Waals surface area (Å²) < 4.78 is 50.6. The van der Waals surface area contributed by atoms with E-state index in [-0.39, 0.29) is 18.6 Å². The monoisotopic (exact) mass is 375 g/mol. The number of alkyl halides is 3. The van der Waals surface area contributed by atoms with E-state index < -0.39 is 53.2 Å². The first-order valence-electron chi connectivity index (χ1n) is 7.60. The van der Waals surface area contributed by atoms with Gasteiger partial charge >= 0.3 is 12.1 Å². The van der Waals surface area contributed by atoms with E-state index in [2.05, 4.69) is 4.74 Å². The molecule has 1 amide bonds. The molecule has 1 aromatic carbocycles. The van der Waals surface area contributed by atoms with Gasteiger partial charge in [-0.1, -0.05) is 18.2 Å². The number of nitrogens with zero attached hydrogens (tertiary/aromatic N) is 1. The van der Waals surface area contributed by atoms with Gasteiger partial charge in [0.05, 0.1) is 18.8 Å². The zero-order valence-electron chi connectivity index (χ0n) is 13.7. The Bertz CT molecular complexity index is 720. The van der Waals surface area contributed by atoms with Gasteiger partial charge in [0.1, 0.15) is 5.78 Å². The molecule has 1 unspecified atom stereocenters. The van der Waals surface area contributed by atoms with Crippen LogP contribution in [0, 0.1) is 0 Å². The van der Waals surface area contributed by atoms with Crippen LogP contribution in [-0.2, 0) is 24.8 Å². The minimum absolute atomic E-state index is 0.180. The van der Waals surface area contributed by atoms with Gasteiger partial charge in [-0.05, 0) is 6.07 Å². The topological polar surface area (TPSA) is 93.1 Å². The van der Waals surface area contributed by atoms with E-state index in [1.165, 1.54) is 12.1 Å². The van der Waals surface area contributed by atoms with Crippen LogP contribution in [0.25, 0.3) is 0 Å². The summed E-state index contributed by atoms with van der Waals surface area (Å²) in [5, 5.41) is 9.33. The highest BCUT2D eigenvalue weighted by Crippen LogP contribution is 2.49. The number of hydrogen-bond donors (Lipinski definition) is 1. The fourth-order valence-electron chi connectivity index (χ4n) is 2.58. The summed E-state index contributed by atoms with van der Waals surface area (Å²) in [5.74, 6) is -2.33. The lowest BCUT2D eigenvalue weighted by Crippen LogP contribution is -2.55. The maximum atomic E-state index is 13.7. The van der Waals surface area contributed by atoms with Gasteiger partial charge in [0.15, 0.2) is 0 Å². The normalized spacial score (nSPS) is 19.4. The fourth-order valence-corrected chi connectivity index (χ4v) is 2.58. The van der Waals surface area contributed by atoms with Crippen molar-refractivity contribution < 1.29 is 42.2 Å². The molecule has 0 aromatic heterocycles. The van der Waals surface area contributed by atoms with Crippen molar-refractivity contribution in [2.24, 2.45) is 0 Å². The first-order valence-corrected chi connectivity index (χ1v) is 7.60. The van der Waals surface area contributed by atoms with E-state index in [1.807, 2.05) is 0 Å². The Labute approximate surface area is 146 Å². The molecule has 1 aliphatic rings. The Hall–Kier alpha value is -2.46. The van der Waals surface area contributed by atoms with E-state index in [9.17, 15) is 32.8 Å². The average Bonchev–Trinajstić information content (AvgIpc) is 2.77. The molecule has 1 heterocycles. The lowest BCUT2D eigenvalue weighted by molar-refractivity contribution is -0.377. The van der Waals surface area contributed by atoms with Crippen LogP contribution in [0.2, 0.25) is 0 Å². The molecule has 1 atom stereocenters. The molecule has 7 nitrogen and oxygen atoms in total. The van der Waals surface area contributed by atoms with Crippen molar-refractivity contribution >= 4 is 17.7 Å². The molecular weight excluding hydrogens is 359 g/mol.